The average Bonchev–Trinajstić information content (AvgIpc) is 2.92. The van der Waals surface area contributed by atoms with Gasteiger partial charge >= 0.3 is 5.69 Å². The summed E-state index contributed by atoms with van der Waals surface area (Å²) in [6.07, 6.45) is 1.14. The largest absolute Gasteiger partial charge is 0.349 e. The highest BCUT2D eigenvalue weighted by atomic mass is 16.6. The van der Waals surface area contributed by atoms with Crippen LogP contribution in [0.5, 0.6) is 0 Å². The van der Waals surface area contributed by atoms with E-state index in [2.05, 4.69) is 15.5 Å². The highest BCUT2D eigenvalue weighted by Gasteiger charge is 2.17. The van der Waals surface area contributed by atoms with E-state index in [1.54, 1.807) is 11.6 Å². The maximum Gasteiger partial charge on any atom is 0.309 e. The van der Waals surface area contributed by atoms with Crippen LogP contribution in [0.15, 0.2) is 12.3 Å². The molecule has 1 N–H and O–H groups in total. The summed E-state index contributed by atoms with van der Waals surface area (Å²) in [6, 6.07) is 1.88. The highest BCUT2D eigenvalue weighted by molar-refractivity contribution is 5.75. The lowest BCUT2D eigenvalue weighted by molar-refractivity contribution is -0.385. The first kappa shape index (κ1) is 14.7. The topological polar surface area (TPSA) is 108 Å². The number of hydrogen-bond acceptors (Lipinski definition) is 5. The van der Waals surface area contributed by atoms with E-state index in [0.717, 1.165) is 17.6 Å². The Balaban J connectivity index is 1.94. The van der Waals surface area contributed by atoms with Gasteiger partial charge in [0, 0.05) is 12.7 Å². The third-order valence-corrected chi connectivity index (χ3v) is 3.20. The second-order valence-corrected chi connectivity index (χ2v) is 4.71. The summed E-state index contributed by atoms with van der Waals surface area (Å²) < 4.78 is 3.03. The van der Waals surface area contributed by atoms with Crippen molar-refractivity contribution in [1.82, 2.24) is 24.9 Å². The van der Waals surface area contributed by atoms with Crippen molar-refractivity contribution in [3.63, 3.8) is 0 Å². The van der Waals surface area contributed by atoms with Crippen molar-refractivity contribution >= 4 is 11.6 Å². The molecule has 0 aliphatic heterocycles. The second kappa shape index (κ2) is 5.73. The number of hydrogen-bond donors (Lipinski definition) is 1. The van der Waals surface area contributed by atoms with Crippen molar-refractivity contribution in [2.75, 3.05) is 0 Å². The molecule has 0 aromatic carbocycles. The number of amides is 1. The molecule has 2 rings (SSSR count). The Labute approximate surface area is 120 Å². The number of nitrogens with zero attached hydrogens (tertiary/aromatic N) is 5. The minimum Gasteiger partial charge on any atom is -0.349 e. The summed E-state index contributed by atoms with van der Waals surface area (Å²) in [4.78, 5) is 22.0. The Kier molecular flexibility index (Phi) is 4.01. The Morgan fingerprint density at radius 1 is 1.48 bits per heavy atom. The minimum atomic E-state index is -0.520. The van der Waals surface area contributed by atoms with E-state index in [1.165, 1.54) is 4.68 Å². The van der Waals surface area contributed by atoms with Crippen LogP contribution in [0.25, 0.3) is 0 Å². The van der Waals surface area contributed by atoms with Gasteiger partial charge in [0.05, 0.1) is 17.2 Å². The summed E-state index contributed by atoms with van der Waals surface area (Å²) in [7, 11) is 1.83. The first-order chi connectivity index (χ1) is 9.88. The Morgan fingerprint density at radius 3 is 2.71 bits per heavy atom. The van der Waals surface area contributed by atoms with E-state index >= 15 is 0 Å². The molecule has 112 valence electrons. The smallest absolute Gasteiger partial charge is 0.309 e. The molecule has 0 aliphatic rings. The lowest BCUT2D eigenvalue weighted by Gasteiger charge is -2.04. The van der Waals surface area contributed by atoms with Gasteiger partial charge in [-0.1, -0.05) is 0 Å². The quantitative estimate of drug-likeness (QED) is 0.636. The Hall–Kier alpha value is -2.71. The van der Waals surface area contributed by atoms with Crippen molar-refractivity contribution in [3.05, 3.63) is 39.5 Å². The Morgan fingerprint density at radius 2 is 2.19 bits per heavy atom. The van der Waals surface area contributed by atoms with E-state index in [9.17, 15) is 14.9 Å². The molecule has 0 fully saturated rings. The van der Waals surface area contributed by atoms with Gasteiger partial charge in [0.2, 0.25) is 5.91 Å². The van der Waals surface area contributed by atoms with Crippen LogP contribution < -0.4 is 5.32 Å². The van der Waals surface area contributed by atoms with Gasteiger partial charge < -0.3 is 5.32 Å². The minimum absolute atomic E-state index is 0.0640. The summed E-state index contributed by atoms with van der Waals surface area (Å²) in [5.41, 5.74) is 2.01. The Bertz CT molecular complexity index is 668. The number of carbonyl (C=O) groups excluding carboxylic acids is 1. The zero-order chi connectivity index (χ0) is 15.6. The number of aryl methyl sites for hydroxylation is 2. The van der Waals surface area contributed by atoms with Crippen LogP contribution in [-0.4, -0.2) is 30.4 Å². The average molecular weight is 292 g/mol. The molecule has 0 aliphatic carbocycles. The fraction of sp³-hybridized carbons (Fsp3) is 0.417. The molecule has 0 atom stereocenters. The van der Waals surface area contributed by atoms with Gasteiger partial charge in [-0.3, -0.25) is 24.3 Å². The molecule has 0 saturated heterocycles. The molecule has 9 heteroatoms. The lowest BCUT2D eigenvalue weighted by Crippen LogP contribution is -2.28. The number of nitro groups is 1. The van der Waals surface area contributed by atoms with Crippen molar-refractivity contribution in [2.24, 2.45) is 7.05 Å². The number of nitrogens with one attached hydrogen (secondary N) is 1. The number of carbonyl (C=O) groups is 1. The van der Waals surface area contributed by atoms with Gasteiger partial charge in [0.25, 0.3) is 0 Å². The van der Waals surface area contributed by atoms with Crippen LogP contribution in [0.1, 0.15) is 17.1 Å². The monoisotopic (exact) mass is 292 g/mol. The normalized spacial score (nSPS) is 10.6. The van der Waals surface area contributed by atoms with E-state index in [0.29, 0.717) is 12.2 Å². The molecule has 0 spiro atoms. The summed E-state index contributed by atoms with van der Waals surface area (Å²) in [5.74, 6) is -0.278. The second-order valence-electron chi connectivity index (χ2n) is 4.71. The summed E-state index contributed by atoms with van der Waals surface area (Å²) >= 11 is 0. The third-order valence-electron chi connectivity index (χ3n) is 3.20. The standard InChI is InChI=1S/C12H16N6O3/c1-8-4-10(15-16(8)3)5-13-12(19)7-17-9(2)11(6-14-17)18(20)21/h4,6H,5,7H2,1-3H3,(H,13,19). The van der Waals surface area contributed by atoms with Crippen LogP contribution >= 0.6 is 0 Å². The van der Waals surface area contributed by atoms with Crippen LogP contribution in [0.2, 0.25) is 0 Å². The fourth-order valence-corrected chi connectivity index (χ4v) is 1.88. The molecular weight excluding hydrogens is 276 g/mol. The first-order valence-electron chi connectivity index (χ1n) is 6.31. The number of aromatic nitrogens is 4. The predicted molar refractivity (Wildman–Crippen MR) is 73.4 cm³/mol. The van der Waals surface area contributed by atoms with E-state index < -0.39 is 4.92 Å². The van der Waals surface area contributed by atoms with Crippen LogP contribution in [0.3, 0.4) is 0 Å². The van der Waals surface area contributed by atoms with Gasteiger partial charge in [-0.25, -0.2) is 0 Å². The van der Waals surface area contributed by atoms with Crippen LogP contribution in [0, 0.1) is 24.0 Å². The van der Waals surface area contributed by atoms with E-state index in [1.807, 2.05) is 20.0 Å². The maximum absolute atomic E-state index is 11.8. The van der Waals surface area contributed by atoms with Crippen molar-refractivity contribution < 1.29 is 9.72 Å². The number of rotatable bonds is 5. The van der Waals surface area contributed by atoms with E-state index in [4.69, 9.17) is 0 Å². The molecule has 0 bridgehead atoms. The predicted octanol–water partition coefficient (Wildman–Crippen LogP) is 0.458. The highest BCUT2D eigenvalue weighted by Crippen LogP contribution is 2.15. The summed E-state index contributed by atoms with van der Waals surface area (Å²) in [6.45, 7) is 3.72. The van der Waals surface area contributed by atoms with Gasteiger partial charge in [0.1, 0.15) is 18.4 Å². The van der Waals surface area contributed by atoms with Crippen LogP contribution in [-0.2, 0) is 24.9 Å². The molecular formula is C12H16N6O3. The van der Waals surface area contributed by atoms with Crippen molar-refractivity contribution in [3.8, 4) is 0 Å². The fourth-order valence-electron chi connectivity index (χ4n) is 1.88. The molecule has 0 radical (unpaired) electrons. The van der Waals surface area contributed by atoms with Gasteiger partial charge in [-0.05, 0) is 19.9 Å². The molecule has 0 saturated carbocycles. The van der Waals surface area contributed by atoms with Gasteiger partial charge in [-0.2, -0.15) is 10.2 Å². The third kappa shape index (κ3) is 3.25. The molecule has 2 aromatic rings. The molecule has 9 nitrogen and oxygen atoms in total. The van der Waals surface area contributed by atoms with Crippen molar-refractivity contribution in [2.45, 2.75) is 26.9 Å². The summed E-state index contributed by atoms with van der Waals surface area (Å²) in [5, 5.41) is 21.5. The van der Waals surface area contributed by atoms with Crippen molar-refractivity contribution in [1.29, 1.82) is 0 Å². The van der Waals surface area contributed by atoms with Crippen LogP contribution in [0.4, 0.5) is 5.69 Å². The first-order valence-corrected chi connectivity index (χ1v) is 6.31. The molecule has 2 aromatic heterocycles. The molecule has 21 heavy (non-hydrogen) atoms. The SMILES string of the molecule is Cc1cc(CNC(=O)Cn2ncc([N+](=O)[O-])c2C)nn1C. The lowest BCUT2D eigenvalue weighted by atomic mass is 10.3. The van der Waals surface area contributed by atoms with Gasteiger partial charge in [-0.15, -0.1) is 0 Å². The molecule has 0 unspecified atom stereocenters. The maximum atomic E-state index is 11.8. The molecule has 2 heterocycles. The zero-order valence-corrected chi connectivity index (χ0v) is 12.0. The van der Waals surface area contributed by atoms with Gasteiger partial charge in [0.15, 0.2) is 0 Å². The zero-order valence-electron chi connectivity index (χ0n) is 12.0. The van der Waals surface area contributed by atoms with E-state index in [-0.39, 0.29) is 18.1 Å². The molecule has 1 amide bonds.